The summed E-state index contributed by atoms with van der Waals surface area (Å²) in [6, 6.07) is 4.44. The van der Waals surface area contributed by atoms with Crippen LogP contribution in [0.3, 0.4) is 0 Å². The minimum absolute atomic E-state index is 0.0260. The van der Waals surface area contributed by atoms with E-state index < -0.39 is 5.82 Å². The van der Waals surface area contributed by atoms with Gasteiger partial charge in [0.2, 0.25) is 0 Å². The zero-order valence-corrected chi connectivity index (χ0v) is 7.88. The van der Waals surface area contributed by atoms with Crippen LogP contribution in [0.1, 0.15) is 20.3 Å². The van der Waals surface area contributed by atoms with E-state index in [1.807, 2.05) is 13.8 Å². The molecule has 2 nitrogen and oxygen atoms in total. The van der Waals surface area contributed by atoms with E-state index in [1.54, 1.807) is 12.1 Å². The molecule has 72 valence electrons. The molecule has 0 aliphatic carbocycles. The lowest BCUT2D eigenvalue weighted by Crippen LogP contribution is -2.10. The van der Waals surface area contributed by atoms with E-state index in [9.17, 15) is 4.39 Å². The molecule has 0 bridgehead atoms. The monoisotopic (exact) mass is 183 g/mol. The van der Waals surface area contributed by atoms with Crippen molar-refractivity contribution in [3.05, 3.63) is 24.0 Å². The fourth-order valence-corrected chi connectivity index (χ4v) is 0.913. The molecule has 0 amide bonds. The summed E-state index contributed by atoms with van der Waals surface area (Å²) in [5, 5.41) is 0. The van der Waals surface area contributed by atoms with E-state index in [-0.39, 0.29) is 11.9 Å². The number of hydrogen-bond donors (Lipinski definition) is 1. The predicted molar refractivity (Wildman–Crippen MR) is 51.2 cm³/mol. The molecule has 1 atom stereocenters. The molecule has 13 heavy (non-hydrogen) atoms. The lowest BCUT2D eigenvalue weighted by atomic mass is 10.3. The van der Waals surface area contributed by atoms with Crippen LogP contribution in [0.25, 0.3) is 0 Å². The van der Waals surface area contributed by atoms with E-state index in [0.717, 1.165) is 6.42 Å². The summed E-state index contributed by atoms with van der Waals surface area (Å²) in [6.07, 6.45) is 0.877. The van der Waals surface area contributed by atoms with Crippen LogP contribution in [-0.2, 0) is 0 Å². The van der Waals surface area contributed by atoms with Crippen molar-refractivity contribution in [3.63, 3.8) is 0 Å². The highest BCUT2D eigenvalue weighted by Gasteiger charge is 2.06. The quantitative estimate of drug-likeness (QED) is 0.731. The topological polar surface area (TPSA) is 35.2 Å². The summed E-state index contributed by atoms with van der Waals surface area (Å²) in [4.78, 5) is 0. The van der Waals surface area contributed by atoms with Crippen molar-refractivity contribution < 1.29 is 9.13 Å². The number of benzene rings is 1. The highest BCUT2D eigenvalue weighted by Crippen LogP contribution is 2.20. The van der Waals surface area contributed by atoms with Crippen molar-refractivity contribution in [2.45, 2.75) is 26.4 Å². The SMILES string of the molecule is CCC(C)Oc1ccc(N)cc1F. The van der Waals surface area contributed by atoms with Crippen LogP contribution in [0.5, 0.6) is 5.75 Å². The number of nitrogens with two attached hydrogens (primary N) is 1. The average molecular weight is 183 g/mol. The van der Waals surface area contributed by atoms with Crippen LogP contribution in [-0.4, -0.2) is 6.10 Å². The molecule has 3 heteroatoms. The van der Waals surface area contributed by atoms with Crippen LogP contribution in [0, 0.1) is 5.82 Å². The van der Waals surface area contributed by atoms with Crippen molar-refractivity contribution in [1.82, 2.24) is 0 Å². The van der Waals surface area contributed by atoms with Gasteiger partial charge >= 0.3 is 0 Å². The van der Waals surface area contributed by atoms with Crippen LogP contribution < -0.4 is 10.5 Å². The molecule has 1 aromatic carbocycles. The molecule has 0 spiro atoms. The van der Waals surface area contributed by atoms with Crippen LogP contribution >= 0.6 is 0 Å². The van der Waals surface area contributed by atoms with Crippen LogP contribution in [0.15, 0.2) is 18.2 Å². The van der Waals surface area contributed by atoms with Gasteiger partial charge in [-0.25, -0.2) is 4.39 Å². The second-order valence-electron chi connectivity index (χ2n) is 3.03. The smallest absolute Gasteiger partial charge is 0.167 e. The maximum absolute atomic E-state index is 13.1. The largest absolute Gasteiger partial charge is 0.488 e. The molecule has 0 saturated heterocycles. The summed E-state index contributed by atoms with van der Waals surface area (Å²) in [5.74, 6) is -0.135. The van der Waals surface area contributed by atoms with Gasteiger partial charge in [0.25, 0.3) is 0 Å². The van der Waals surface area contributed by atoms with E-state index in [0.29, 0.717) is 5.69 Å². The van der Waals surface area contributed by atoms with Crippen molar-refractivity contribution in [2.75, 3.05) is 5.73 Å². The lowest BCUT2D eigenvalue weighted by molar-refractivity contribution is 0.208. The lowest BCUT2D eigenvalue weighted by Gasteiger charge is -2.13. The Kier molecular flexibility index (Phi) is 3.12. The Morgan fingerprint density at radius 3 is 2.77 bits per heavy atom. The number of hydrogen-bond acceptors (Lipinski definition) is 2. The molecule has 1 rings (SSSR count). The minimum Gasteiger partial charge on any atom is -0.488 e. The standard InChI is InChI=1S/C10H14FNO/c1-3-7(2)13-10-5-4-8(12)6-9(10)11/h4-7H,3,12H2,1-2H3. The third kappa shape index (κ3) is 2.61. The van der Waals surface area contributed by atoms with Crippen molar-refractivity contribution >= 4 is 5.69 Å². The Morgan fingerprint density at radius 2 is 2.23 bits per heavy atom. The van der Waals surface area contributed by atoms with E-state index in [2.05, 4.69) is 0 Å². The Morgan fingerprint density at radius 1 is 1.54 bits per heavy atom. The zero-order chi connectivity index (χ0) is 9.84. The molecule has 0 aliphatic rings. The highest BCUT2D eigenvalue weighted by atomic mass is 19.1. The number of rotatable bonds is 3. The molecule has 2 N–H and O–H groups in total. The molecule has 0 saturated carbocycles. The van der Waals surface area contributed by atoms with Gasteiger partial charge in [0.05, 0.1) is 6.10 Å². The summed E-state index contributed by atoms with van der Waals surface area (Å²) in [5.41, 5.74) is 5.81. The maximum atomic E-state index is 13.1. The van der Waals surface area contributed by atoms with Gasteiger partial charge in [0.1, 0.15) is 0 Å². The summed E-state index contributed by atoms with van der Waals surface area (Å²) in [7, 11) is 0. The van der Waals surface area contributed by atoms with Gasteiger partial charge < -0.3 is 10.5 Å². The Labute approximate surface area is 77.5 Å². The Bertz CT molecular complexity index is 288. The summed E-state index contributed by atoms with van der Waals surface area (Å²) in [6.45, 7) is 3.88. The normalized spacial score (nSPS) is 12.5. The number of nitrogen functional groups attached to an aromatic ring is 1. The molecule has 1 unspecified atom stereocenters. The van der Waals surface area contributed by atoms with Gasteiger partial charge in [-0.2, -0.15) is 0 Å². The van der Waals surface area contributed by atoms with Crippen LogP contribution in [0.4, 0.5) is 10.1 Å². The zero-order valence-electron chi connectivity index (χ0n) is 7.88. The molecular formula is C10H14FNO. The third-order valence-electron chi connectivity index (χ3n) is 1.86. The first-order valence-electron chi connectivity index (χ1n) is 4.35. The Balaban J connectivity index is 2.77. The van der Waals surface area contributed by atoms with Crippen molar-refractivity contribution in [2.24, 2.45) is 0 Å². The van der Waals surface area contributed by atoms with Gasteiger partial charge in [-0.05, 0) is 25.5 Å². The van der Waals surface area contributed by atoms with Gasteiger partial charge in [0.15, 0.2) is 11.6 Å². The van der Waals surface area contributed by atoms with Crippen molar-refractivity contribution in [1.29, 1.82) is 0 Å². The molecule has 0 fully saturated rings. The first-order valence-corrected chi connectivity index (χ1v) is 4.35. The van der Waals surface area contributed by atoms with Gasteiger partial charge in [-0.3, -0.25) is 0 Å². The summed E-state index contributed by atoms with van der Waals surface area (Å²) >= 11 is 0. The fraction of sp³-hybridized carbons (Fsp3) is 0.400. The highest BCUT2D eigenvalue weighted by molar-refractivity contribution is 5.42. The third-order valence-corrected chi connectivity index (χ3v) is 1.86. The molecule has 0 radical (unpaired) electrons. The predicted octanol–water partition coefficient (Wildman–Crippen LogP) is 2.59. The van der Waals surface area contributed by atoms with Gasteiger partial charge in [-0.1, -0.05) is 6.92 Å². The summed E-state index contributed by atoms with van der Waals surface area (Å²) < 4.78 is 18.5. The fourth-order valence-electron chi connectivity index (χ4n) is 0.913. The minimum atomic E-state index is -0.402. The second-order valence-corrected chi connectivity index (χ2v) is 3.03. The van der Waals surface area contributed by atoms with Crippen LogP contribution in [0.2, 0.25) is 0 Å². The molecule has 1 aromatic rings. The number of anilines is 1. The van der Waals surface area contributed by atoms with E-state index in [4.69, 9.17) is 10.5 Å². The number of halogens is 1. The molecule has 0 aliphatic heterocycles. The molecule has 0 aromatic heterocycles. The molecule has 0 heterocycles. The van der Waals surface area contributed by atoms with Gasteiger partial charge in [-0.15, -0.1) is 0 Å². The van der Waals surface area contributed by atoms with E-state index >= 15 is 0 Å². The number of ether oxygens (including phenoxy) is 1. The first-order chi connectivity index (χ1) is 6.13. The Hall–Kier alpha value is -1.25. The van der Waals surface area contributed by atoms with E-state index in [1.165, 1.54) is 6.07 Å². The average Bonchev–Trinajstić information content (AvgIpc) is 2.09. The first kappa shape index (κ1) is 9.84. The van der Waals surface area contributed by atoms with Gasteiger partial charge in [0, 0.05) is 11.8 Å². The maximum Gasteiger partial charge on any atom is 0.167 e. The van der Waals surface area contributed by atoms with Crippen molar-refractivity contribution in [3.8, 4) is 5.75 Å². The second kappa shape index (κ2) is 4.12. The molecular weight excluding hydrogens is 169 g/mol.